The minimum atomic E-state index is -1.91. The maximum atomic E-state index is 5.53. The van der Waals surface area contributed by atoms with Crippen LogP contribution in [-0.2, 0) is 17.7 Å². The van der Waals surface area contributed by atoms with E-state index in [0.717, 1.165) is 44.6 Å². The highest BCUT2D eigenvalue weighted by Gasteiger charge is 2.29. The van der Waals surface area contributed by atoms with Gasteiger partial charge >= 0.3 is 17.1 Å². The molecule has 0 heterocycles. The fourth-order valence-electron chi connectivity index (χ4n) is 2.25. The van der Waals surface area contributed by atoms with Crippen LogP contribution in [0.25, 0.3) is 0 Å². The van der Waals surface area contributed by atoms with E-state index in [1.54, 1.807) is 28.4 Å². The molecule has 0 aromatic rings. The molecule has 0 saturated carbocycles. The van der Waals surface area contributed by atoms with Crippen molar-refractivity contribution in [2.75, 3.05) is 48.1 Å². The zero-order chi connectivity index (χ0) is 16.4. The predicted octanol–water partition coefficient (Wildman–Crippen LogP) is 2.82. The van der Waals surface area contributed by atoms with Crippen LogP contribution in [-0.4, -0.2) is 70.1 Å². The van der Waals surface area contributed by atoms with Crippen LogP contribution in [0, 0.1) is 0 Å². The van der Waals surface area contributed by atoms with Gasteiger partial charge in [0.15, 0.2) is 0 Å². The molecule has 0 radical (unpaired) electrons. The molecule has 0 amide bonds. The second-order valence-electron chi connectivity index (χ2n) is 5.73. The van der Waals surface area contributed by atoms with Crippen LogP contribution in [0.15, 0.2) is 0 Å². The third-order valence-corrected chi connectivity index (χ3v) is 10.4. The van der Waals surface area contributed by atoms with Crippen LogP contribution in [0.2, 0.25) is 25.2 Å². The minimum Gasteiger partial charge on any atom is -0.398 e. The first-order chi connectivity index (χ1) is 9.88. The summed E-state index contributed by atoms with van der Waals surface area (Å²) in [5, 5.41) is 0. The number of hydrogen-bond donors (Lipinski definition) is 0. The van der Waals surface area contributed by atoms with Crippen molar-refractivity contribution in [3.05, 3.63) is 0 Å². The van der Waals surface area contributed by atoms with E-state index < -0.39 is 17.1 Å². The van der Waals surface area contributed by atoms with E-state index in [-0.39, 0.29) is 0 Å². The van der Waals surface area contributed by atoms with Crippen molar-refractivity contribution in [2.45, 2.75) is 44.9 Å². The summed E-state index contributed by atoms with van der Waals surface area (Å²) in [5.74, 6) is 0. The van der Waals surface area contributed by atoms with E-state index in [2.05, 4.69) is 24.9 Å². The average molecular weight is 338 g/mol. The fraction of sp³-hybridized carbons (Fsp3) is 1.00. The van der Waals surface area contributed by atoms with Crippen molar-refractivity contribution >= 4 is 17.1 Å². The Morgan fingerprint density at radius 3 is 1.29 bits per heavy atom. The van der Waals surface area contributed by atoms with Gasteiger partial charge < -0.3 is 22.6 Å². The van der Waals surface area contributed by atoms with Crippen LogP contribution >= 0.6 is 0 Å². The van der Waals surface area contributed by atoms with Crippen LogP contribution in [0.3, 0.4) is 0 Å². The van der Waals surface area contributed by atoms with Crippen molar-refractivity contribution in [2.24, 2.45) is 0 Å². The lowest BCUT2D eigenvalue weighted by Crippen LogP contribution is -2.38. The Hall–Kier alpha value is 0.234. The second-order valence-corrected chi connectivity index (χ2v) is 12.9. The Bertz CT molecular complexity index is 237. The third-order valence-electron chi connectivity index (χ3n) is 4.38. The standard InChI is InChI=1S/C14H35NO4Si2/c1-8-15(11-9-13-20(6,16-2)17-3)12-10-14-21(7,18-4)19-5/h8-14H2,1-7H3. The molecule has 128 valence electrons. The Morgan fingerprint density at radius 2 is 1.05 bits per heavy atom. The third kappa shape index (κ3) is 8.44. The van der Waals surface area contributed by atoms with Crippen LogP contribution < -0.4 is 0 Å². The largest absolute Gasteiger partial charge is 0.398 e. The zero-order valence-corrected chi connectivity index (χ0v) is 17.0. The molecule has 0 spiro atoms. The Labute approximate surface area is 133 Å². The van der Waals surface area contributed by atoms with E-state index in [4.69, 9.17) is 17.7 Å². The average Bonchev–Trinajstić information content (AvgIpc) is 2.52. The van der Waals surface area contributed by atoms with Crippen molar-refractivity contribution in [3.8, 4) is 0 Å². The zero-order valence-electron chi connectivity index (χ0n) is 15.0. The van der Waals surface area contributed by atoms with E-state index in [0.29, 0.717) is 0 Å². The lowest BCUT2D eigenvalue weighted by Gasteiger charge is -2.27. The molecule has 0 N–H and O–H groups in total. The molecular weight excluding hydrogens is 302 g/mol. The van der Waals surface area contributed by atoms with Gasteiger partial charge in [-0.3, -0.25) is 0 Å². The first kappa shape index (κ1) is 21.2. The van der Waals surface area contributed by atoms with Crippen molar-refractivity contribution in [3.63, 3.8) is 0 Å². The molecule has 0 bridgehead atoms. The van der Waals surface area contributed by atoms with Crippen LogP contribution in [0.1, 0.15) is 19.8 Å². The van der Waals surface area contributed by atoms with E-state index in [1.165, 1.54) is 0 Å². The highest BCUT2D eigenvalue weighted by Crippen LogP contribution is 2.16. The first-order valence-corrected chi connectivity index (χ1v) is 12.9. The molecular formula is C14H35NO4Si2. The summed E-state index contributed by atoms with van der Waals surface area (Å²) < 4.78 is 22.1. The van der Waals surface area contributed by atoms with Gasteiger partial charge in [-0.1, -0.05) is 6.92 Å². The van der Waals surface area contributed by atoms with Crippen molar-refractivity contribution in [1.82, 2.24) is 4.90 Å². The molecule has 21 heavy (non-hydrogen) atoms. The first-order valence-electron chi connectivity index (χ1n) is 7.81. The number of nitrogens with zero attached hydrogens (tertiary/aromatic N) is 1. The Balaban J connectivity index is 4.02. The molecule has 0 aromatic carbocycles. The SMILES string of the molecule is CCN(CCC[Si](C)(OC)OC)CCC[Si](C)(OC)OC. The van der Waals surface area contributed by atoms with E-state index >= 15 is 0 Å². The van der Waals surface area contributed by atoms with Gasteiger partial charge in [0.1, 0.15) is 0 Å². The minimum absolute atomic E-state index is 1.04. The summed E-state index contributed by atoms with van der Waals surface area (Å²) in [6, 6.07) is 2.08. The Kier molecular flexibility index (Phi) is 11.0. The summed E-state index contributed by atoms with van der Waals surface area (Å²) in [4.78, 5) is 2.49. The lowest BCUT2D eigenvalue weighted by atomic mass is 10.3. The van der Waals surface area contributed by atoms with Crippen molar-refractivity contribution < 1.29 is 17.7 Å². The summed E-state index contributed by atoms with van der Waals surface area (Å²) in [6.07, 6.45) is 2.25. The smallest absolute Gasteiger partial charge is 0.334 e. The molecule has 0 aliphatic carbocycles. The maximum Gasteiger partial charge on any atom is 0.334 e. The van der Waals surface area contributed by atoms with Crippen LogP contribution in [0.5, 0.6) is 0 Å². The fourth-order valence-corrected chi connectivity index (χ4v) is 5.00. The molecule has 0 rings (SSSR count). The number of rotatable bonds is 13. The van der Waals surface area contributed by atoms with E-state index in [1.807, 2.05) is 0 Å². The van der Waals surface area contributed by atoms with Gasteiger partial charge in [0.25, 0.3) is 0 Å². The quantitative estimate of drug-likeness (QED) is 0.483. The van der Waals surface area contributed by atoms with Gasteiger partial charge in [-0.2, -0.15) is 0 Å². The van der Waals surface area contributed by atoms with Gasteiger partial charge in [0.05, 0.1) is 0 Å². The molecule has 0 fully saturated rings. The molecule has 0 saturated heterocycles. The highest BCUT2D eigenvalue weighted by atomic mass is 28.4. The van der Waals surface area contributed by atoms with Gasteiger partial charge in [-0.25, -0.2) is 0 Å². The normalized spacial score (nSPS) is 13.1. The van der Waals surface area contributed by atoms with Crippen LogP contribution in [0.4, 0.5) is 0 Å². The molecule has 5 nitrogen and oxygen atoms in total. The highest BCUT2D eigenvalue weighted by molar-refractivity contribution is 6.66. The number of hydrogen-bond acceptors (Lipinski definition) is 5. The summed E-state index contributed by atoms with van der Waals surface area (Å²) in [6.45, 7) is 9.74. The lowest BCUT2D eigenvalue weighted by molar-refractivity contribution is 0.234. The molecule has 0 aliphatic rings. The van der Waals surface area contributed by atoms with Gasteiger partial charge in [0.2, 0.25) is 0 Å². The van der Waals surface area contributed by atoms with Gasteiger partial charge in [0, 0.05) is 28.4 Å². The molecule has 0 aromatic heterocycles. The van der Waals surface area contributed by atoms with Crippen molar-refractivity contribution in [1.29, 1.82) is 0 Å². The van der Waals surface area contributed by atoms with E-state index in [9.17, 15) is 0 Å². The summed E-state index contributed by atoms with van der Waals surface area (Å²) in [5.41, 5.74) is 0. The molecule has 0 aliphatic heterocycles. The molecule has 0 unspecified atom stereocenters. The predicted molar refractivity (Wildman–Crippen MR) is 92.2 cm³/mol. The monoisotopic (exact) mass is 337 g/mol. The van der Waals surface area contributed by atoms with Gasteiger partial charge in [-0.15, -0.1) is 0 Å². The second kappa shape index (κ2) is 10.9. The summed E-state index contributed by atoms with van der Waals surface area (Å²) >= 11 is 0. The topological polar surface area (TPSA) is 40.2 Å². The Morgan fingerprint density at radius 1 is 0.714 bits per heavy atom. The maximum absolute atomic E-state index is 5.53. The molecule has 0 atom stereocenters. The van der Waals surface area contributed by atoms with Gasteiger partial charge in [-0.05, 0) is 57.7 Å². The molecule has 7 heteroatoms. The summed E-state index contributed by atoms with van der Waals surface area (Å²) in [7, 11) is 3.21.